The second-order valence-electron chi connectivity index (χ2n) is 6.82. The smallest absolute Gasteiger partial charge is 0.176 e. The minimum Gasteiger partial charge on any atom is -0.248 e. The number of rotatable bonds is 3. The molecule has 0 aliphatic heterocycles. The normalized spacial score (nSPS) is 11.1. The van der Waals surface area contributed by atoms with Gasteiger partial charge in [-0.25, -0.2) is 14.6 Å². The maximum absolute atomic E-state index is 6.10. The molecule has 140 valence electrons. The van der Waals surface area contributed by atoms with E-state index in [1.807, 2.05) is 78.3 Å². The van der Waals surface area contributed by atoms with Crippen LogP contribution in [0, 0.1) is 6.92 Å². The first kappa shape index (κ1) is 17.6. The van der Waals surface area contributed by atoms with Crippen molar-refractivity contribution in [3.05, 3.63) is 95.6 Å². The van der Waals surface area contributed by atoms with Crippen molar-refractivity contribution in [1.29, 1.82) is 0 Å². The van der Waals surface area contributed by atoms with Crippen LogP contribution in [0.2, 0.25) is 5.02 Å². The molecule has 0 saturated carbocycles. The molecule has 0 radical (unpaired) electrons. The van der Waals surface area contributed by atoms with Gasteiger partial charge in [-0.3, -0.25) is 0 Å². The monoisotopic (exact) mass is 396 g/mol. The minimum atomic E-state index is 0.699. The van der Waals surface area contributed by atoms with Crippen molar-refractivity contribution in [1.82, 2.24) is 19.7 Å². The molecular formula is C24H17ClN4. The third-order valence-corrected chi connectivity index (χ3v) is 5.09. The molecule has 0 atom stereocenters. The van der Waals surface area contributed by atoms with E-state index >= 15 is 0 Å². The maximum Gasteiger partial charge on any atom is 0.176 e. The van der Waals surface area contributed by atoms with Gasteiger partial charge in [0.15, 0.2) is 5.82 Å². The first-order valence-electron chi connectivity index (χ1n) is 9.34. The van der Waals surface area contributed by atoms with Crippen LogP contribution in [0.25, 0.3) is 39.4 Å². The molecule has 0 aliphatic carbocycles. The van der Waals surface area contributed by atoms with Gasteiger partial charge in [-0.05, 0) is 37.3 Å². The van der Waals surface area contributed by atoms with Crippen molar-refractivity contribution in [3.63, 3.8) is 0 Å². The van der Waals surface area contributed by atoms with E-state index in [2.05, 4.69) is 18.2 Å². The molecule has 0 aliphatic rings. The summed E-state index contributed by atoms with van der Waals surface area (Å²) < 4.78 is 1.88. The predicted molar refractivity (Wildman–Crippen MR) is 117 cm³/mol. The Labute approximate surface area is 173 Å². The SMILES string of the molecule is Cc1nc2ccccc2nc1-n1nc(-c2ccccc2)cc1-c1ccc(Cl)cc1. The maximum atomic E-state index is 6.10. The zero-order valence-corrected chi connectivity index (χ0v) is 16.5. The Morgan fingerprint density at radius 3 is 2.10 bits per heavy atom. The van der Waals surface area contributed by atoms with Crippen molar-refractivity contribution in [2.45, 2.75) is 6.92 Å². The van der Waals surface area contributed by atoms with Gasteiger partial charge in [-0.1, -0.05) is 66.2 Å². The second kappa shape index (κ2) is 7.15. The van der Waals surface area contributed by atoms with Gasteiger partial charge >= 0.3 is 0 Å². The lowest BCUT2D eigenvalue weighted by atomic mass is 10.1. The zero-order chi connectivity index (χ0) is 19.8. The summed E-state index contributed by atoms with van der Waals surface area (Å²) in [5.41, 5.74) is 6.41. The Morgan fingerprint density at radius 2 is 1.38 bits per heavy atom. The predicted octanol–water partition coefficient (Wildman–Crippen LogP) is 6.11. The molecule has 0 bridgehead atoms. The Balaban J connectivity index is 1.76. The number of hydrogen-bond acceptors (Lipinski definition) is 3. The molecule has 2 heterocycles. The number of halogens is 1. The van der Waals surface area contributed by atoms with Crippen LogP contribution in [0.1, 0.15) is 5.69 Å². The van der Waals surface area contributed by atoms with Gasteiger partial charge in [0.05, 0.1) is 28.1 Å². The van der Waals surface area contributed by atoms with Crippen LogP contribution in [-0.4, -0.2) is 19.7 Å². The molecule has 29 heavy (non-hydrogen) atoms. The van der Waals surface area contributed by atoms with Crippen molar-refractivity contribution in [2.75, 3.05) is 0 Å². The largest absolute Gasteiger partial charge is 0.248 e. The molecule has 5 aromatic rings. The number of aryl methyl sites for hydroxylation is 1. The first-order chi connectivity index (χ1) is 14.2. The van der Waals surface area contributed by atoms with Crippen LogP contribution in [0.15, 0.2) is 84.9 Å². The van der Waals surface area contributed by atoms with Gasteiger partial charge in [0.1, 0.15) is 0 Å². The fraction of sp³-hybridized carbons (Fsp3) is 0.0417. The summed E-state index contributed by atoms with van der Waals surface area (Å²) in [7, 11) is 0. The molecule has 5 heteroatoms. The molecule has 5 rings (SSSR count). The number of benzene rings is 3. The standard InChI is InChI=1S/C24H17ClN4/c1-16-24(27-21-10-6-5-9-20(21)26-16)29-23(18-11-13-19(25)14-12-18)15-22(28-29)17-7-3-2-4-8-17/h2-15H,1H3. The van der Waals surface area contributed by atoms with Crippen molar-refractivity contribution >= 4 is 22.6 Å². The van der Waals surface area contributed by atoms with Crippen LogP contribution >= 0.6 is 11.6 Å². The Kier molecular flexibility index (Phi) is 4.34. The average Bonchev–Trinajstić information content (AvgIpc) is 3.19. The molecule has 0 fully saturated rings. The van der Waals surface area contributed by atoms with E-state index < -0.39 is 0 Å². The molecule has 3 aromatic carbocycles. The summed E-state index contributed by atoms with van der Waals surface area (Å²) in [4.78, 5) is 9.61. The quantitative estimate of drug-likeness (QED) is 0.369. The van der Waals surface area contributed by atoms with E-state index in [9.17, 15) is 0 Å². The van der Waals surface area contributed by atoms with Crippen LogP contribution in [0.3, 0.4) is 0 Å². The summed E-state index contributed by atoms with van der Waals surface area (Å²) in [6.45, 7) is 1.96. The van der Waals surface area contributed by atoms with Crippen LogP contribution in [-0.2, 0) is 0 Å². The van der Waals surface area contributed by atoms with E-state index in [1.54, 1.807) is 0 Å². The van der Waals surface area contributed by atoms with E-state index in [0.29, 0.717) is 5.02 Å². The third kappa shape index (κ3) is 3.28. The van der Waals surface area contributed by atoms with E-state index in [-0.39, 0.29) is 0 Å². The number of aromatic nitrogens is 4. The minimum absolute atomic E-state index is 0.699. The number of fused-ring (bicyclic) bond motifs is 1. The molecule has 0 amide bonds. The highest BCUT2D eigenvalue weighted by atomic mass is 35.5. The summed E-state index contributed by atoms with van der Waals surface area (Å²) >= 11 is 6.10. The van der Waals surface area contributed by atoms with E-state index in [0.717, 1.165) is 45.1 Å². The molecule has 2 aromatic heterocycles. The van der Waals surface area contributed by atoms with Crippen LogP contribution < -0.4 is 0 Å². The first-order valence-corrected chi connectivity index (χ1v) is 9.72. The molecule has 4 nitrogen and oxygen atoms in total. The van der Waals surface area contributed by atoms with E-state index in [4.69, 9.17) is 26.7 Å². The lowest BCUT2D eigenvalue weighted by Gasteiger charge is -2.10. The third-order valence-electron chi connectivity index (χ3n) is 4.84. The summed E-state index contributed by atoms with van der Waals surface area (Å²) in [5.74, 6) is 0.718. The van der Waals surface area contributed by atoms with Gasteiger partial charge in [0.2, 0.25) is 0 Å². The van der Waals surface area contributed by atoms with Gasteiger partial charge in [0.25, 0.3) is 0 Å². The molecule has 0 spiro atoms. The summed E-state index contributed by atoms with van der Waals surface area (Å²) in [6, 6.07) is 27.8. The van der Waals surface area contributed by atoms with Gasteiger partial charge < -0.3 is 0 Å². The van der Waals surface area contributed by atoms with Crippen LogP contribution in [0.4, 0.5) is 0 Å². The lowest BCUT2D eigenvalue weighted by Crippen LogP contribution is -2.06. The fourth-order valence-electron chi connectivity index (χ4n) is 3.40. The topological polar surface area (TPSA) is 43.6 Å². The number of para-hydroxylation sites is 2. The highest BCUT2D eigenvalue weighted by molar-refractivity contribution is 6.30. The second-order valence-corrected chi connectivity index (χ2v) is 7.26. The van der Waals surface area contributed by atoms with Crippen LogP contribution in [0.5, 0.6) is 0 Å². The Hall–Kier alpha value is -3.50. The summed E-state index contributed by atoms with van der Waals surface area (Å²) in [6.07, 6.45) is 0. The molecular weight excluding hydrogens is 380 g/mol. The highest BCUT2D eigenvalue weighted by Crippen LogP contribution is 2.30. The summed E-state index contributed by atoms with van der Waals surface area (Å²) in [5, 5.41) is 5.60. The molecule has 0 unspecified atom stereocenters. The Morgan fingerprint density at radius 1 is 0.724 bits per heavy atom. The molecule has 0 saturated heterocycles. The van der Waals surface area contributed by atoms with Gasteiger partial charge in [-0.15, -0.1) is 0 Å². The Bertz CT molecular complexity index is 1310. The highest BCUT2D eigenvalue weighted by Gasteiger charge is 2.17. The van der Waals surface area contributed by atoms with Crippen molar-refractivity contribution < 1.29 is 0 Å². The number of hydrogen-bond donors (Lipinski definition) is 0. The lowest BCUT2D eigenvalue weighted by molar-refractivity contribution is 0.844. The van der Waals surface area contributed by atoms with Gasteiger partial charge in [-0.2, -0.15) is 5.10 Å². The van der Waals surface area contributed by atoms with Crippen molar-refractivity contribution in [2.24, 2.45) is 0 Å². The average molecular weight is 397 g/mol. The fourth-order valence-corrected chi connectivity index (χ4v) is 3.52. The zero-order valence-electron chi connectivity index (χ0n) is 15.7. The van der Waals surface area contributed by atoms with E-state index in [1.165, 1.54) is 0 Å². The molecule has 0 N–H and O–H groups in total. The van der Waals surface area contributed by atoms with Crippen molar-refractivity contribution in [3.8, 4) is 28.3 Å². The number of nitrogens with zero attached hydrogens (tertiary/aromatic N) is 4. The van der Waals surface area contributed by atoms with Gasteiger partial charge in [0, 0.05) is 16.1 Å².